The van der Waals surface area contributed by atoms with Gasteiger partial charge in [-0.25, -0.2) is 0 Å². The molecule has 0 heterocycles. The van der Waals surface area contributed by atoms with Crippen molar-refractivity contribution in [1.29, 1.82) is 0 Å². The number of aliphatic hydroxyl groups is 1. The van der Waals surface area contributed by atoms with Gasteiger partial charge in [0.05, 0.1) is 6.61 Å². The van der Waals surface area contributed by atoms with E-state index in [1.54, 1.807) is 0 Å². The molecule has 0 spiro atoms. The summed E-state index contributed by atoms with van der Waals surface area (Å²) in [6.45, 7) is 2.50. The van der Waals surface area contributed by atoms with Crippen LogP contribution < -0.4 is 0 Å². The van der Waals surface area contributed by atoms with Gasteiger partial charge in [0.1, 0.15) is 6.61 Å². The first-order valence-electron chi connectivity index (χ1n) is 4.60. The van der Waals surface area contributed by atoms with E-state index in [0.717, 1.165) is 0 Å². The van der Waals surface area contributed by atoms with Crippen LogP contribution in [0.1, 0.15) is 20.3 Å². The predicted octanol–water partition coefficient (Wildman–Crippen LogP) is 2.22. The van der Waals surface area contributed by atoms with Crippen molar-refractivity contribution in [2.45, 2.75) is 26.4 Å². The zero-order chi connectivity index (χ0) is 11.2. The molecule has 0 amide bonds. The minimum atomic E-state index is -4.28. The van der Waals surface area contributed by atoms with Crippen molar-refractivity contribution in [3.05, 3.63) is 0 Å². The van der Waals surface area contributed by atoms with E-state index in [1.165, 1.54) is 0 Å². The van der Waals surface area contributed by atoms with Crippen molar-refractivity contribution in [1.82, 2.24) is 0 Å². The van der Waals surface area contributed by atoms with Crippen LogP contribution in [0.4, 0.5) is 13.2 Å². The first kappa shape index (κ1) is 13.7. The second-order valence-corrected chi connectivity index (χ2v) is 3.81. The number of halogens is 3. The molecule has 0 bridgehead atoms. The SMILES string of the molecule is CC(C)CC(CO)COCC(F)(F)F. The van der Waals surface area contributed by atoms with E-state index in [0.29, 0.717) is 12.3 Å². The standard InChI is InChI=1S/C9H17F3O2/c1-7(2)3-8(4-13)5-14-6-9(10,11)12/h7-8,13H,3-6H2,1-2H3. The summed E-state index contributed by atoms with van der Waals surface area (Å²) in [4.78, 5) is 0. The molecule has 0 aromatic heterocycles. The number of ether oxygens (including phenoxy) is 1. The van der Waals surface area contributed by atoms with Crippen LogP contribution in [0, 0.1) is 11.8 Å². The molecule has 0 aromatic carbocycles. The molecule has 0 saturated carbocycles. The fraction of sp³-hybridized carbons (Fsp3) is 1.00. The highest BCUT2D eigenvalue weighted by Crippen LogP contribution is 2.16. The minimum Gasteiger partial charge on any atom is -0.396 e. The Morgan fingerprint density at radius 3 is 2.21 bits per heavy atom. The van der Waals surface area contributed by atoms with Gasteiger partial charge in [-0.1, -0.05) is 13.8 Å². The Hall–Kier alpha value is -0.290. The van der Waals surface area contributed by atoms with Crippen molar-refractivity contribution in [2.75, 3.05) is 19.8 Å². The second kappa shape index (κ2) is 6.24. The number of aliphatic hydroxyl groups excluding tert-OH is 1. The average Bonchev–Trinajstić information content (AvgIpc) is 1.99. The maximum atomic E-state index is 11.7. The molecule has 0 aromatic rings. The molecule has 86 valence electrons. The smallest absolute Gasteiger partial charge is 0.396 e. The van der Waals surface area contributed by atoms with Gasteiger partial charge in [-0.3, -0.25) is 0 Å². The molecule has 2 nitrogen and oxygen atoms in total. The third kappa shape index (κ3) is 8.31. The molecule has 0 fully saturated rings. The first-order chi connectivity index (χ1) is 6.35. The molecule has 1 atom stereocenters. The average molecular weight is 214 g/mol. The fourth-order valence-corrected chi connectivity index (χ4v) is 1.20. The molecule has 0 rings (SSSR count). The lowest BCUT2D eigenvalue weighted by Gasteiger charge is -2.17. The molecule has 0 aliphatic heterocycles. The van der Waals surface area contributed by atoms with Gasteiger partial charge >= 0.3 is 6.18 Å². The first-order valence-corrected chi connectivity index (χ1v) is 4.60. The molecular weight excluding hydrogens is 197 g/mol. The van der Waals surface area contributed by atoms with Crippen LogP contribution in [-0.2, 0) is 4.74 Å². The third-order valence-electron chi connectivity index (χ3n) is 1.68. The molecule has 1 unspecified atom stereocenters. The van der Waals surface area contributed by atoms with Gasteiger partial charge in [0.2, 0.25) is 0 Å². The van der Waals surface area contributed by atoms with Gasteiger partial charge in [0.25, 0.3) is 0 Å². The Labute approximate surface area is 82.1 Å². The monoisotopic (exact) mass is 214 g/mol. The molecule has 1 N–H and O–H groups in total. The number of rotatable bonds is 6. The van der Waals surface area contributed by atoms with Gasteiger partial charge in [0.15, 0.2) is 0 Å². The molecule has 0 radical (unpaired) electrons. The molecule has 0 aliphatic rings. The van der Waals surface area contributed by atoms with E-state index in [-0.39, 0.29) is 19.1 Å². The highest BCUT2D eigenvalue weighted by Gasteiger charge is 2.27. The van der Waals surface area contributed by atoms with E-state index in [1.807, 2.05) is 13.8 Å². The quantitative estimate of drug-likeness (QED) is 0.734. The summed E-state index contributed by atoms with van der Waals surface area (Å²) in [5.74, 6) is 0.152. The normalized spacial score (nSPS) is 14.8. The highest BCUT2D eigenvalue weighted by atomic mass is 19.4. The van der Waals surface area contributed by atoms with Crippen LogP contribution in [-0.4, -0.2) is 31.1 Å². The second-order valence-electron chi connectivity index (χ2n) is 3.81. The van der Waals surface area contributed by atoms with E-state index in [9.17, 15) is 13.2 Å². The summed E-state index contributed by atoms with van der Waals surface area (Å²) in [7, 11) is 0. The van der Waals surface area contributed by atoms with Crippen LogP contribution in [0.25, 0.3) is 0 Å². The zero-order valence-corrected chi connectivity index (χ0v) is 8.47. The lowest BCUT2D eigenvalue weighted by atomic mass is 9.99. The molecule has 0 saturated heterocycles. The minimum absolute atomic E-state index is 0.0335. The number of hydrogen-bond acceptors (Lipinski definition) is 2. The topological polar surface area (TPSA) is 29.5 Å². The van der Waals surface area contributed by atoms with Gasteiger partial charge in [-0.2, -0.15) is 13.2 Å². The Balaban J connectivity index is 3.63. The summed E-state index contributed by atoms with van der Waals surface area (Å²) < 4.78 is 39.5. The Morgan fingerprint density at radius 1 is 1.29 bits per heavy atom. The maximum absolute atomic E-state index is 11.7. The van der Waals surface area contributed by atoms with Crippen LogP contribution >= 0.6 is 0 Å². The van der Waals surface area contributed by atoms with Gasteiger partial charge in [-0.05, 0) is 12.3 Å². The van der Waals surface area contributed by atoms with E-state index in [4.69, 9.17) is 5.11 Å². The lowest BCUT2D eigenvalue weighted by molar-refractivity contribution is -0.177. The summed E-state index contributed by atoms with van der Waals surface area (Å²) in [5.41, 5.74) is 0. The molecule has 14 heavy (non-hydrogen) atoms. The van der Waals surface area contributed by atoms with Crippen molar-refractivity contribution < 1.29 is 23.0 Å². The van der Waals surface area contributed by atoms with Crippen LogP contribution in [0.3, 0.4) is 0 Å². The van der Waals surface area contributed by atoms with E-state index >= 15 is 0 Å². The summed E-state index contributed by atoms with van der Waals surface area (Å²) in [6.07, 6.45) is -3.60. The van der Waals surface area contributed by atoms with Crippen molar-refractivity contribution in [3.63, 3.8) is 0 Å². The molecule has 5 heteroatoms. The Bertz CT molecular complexity index is 145. The third-order valence-corrected chi connectivity index (χ3v) is 1.68. The molecule has 0 aliphatic carbocycles. The largest absolute Gasteiger partial charge is 0.411 e. The van der Waals surface area contributed by atoms with Crippen LogP contribution in [0.15, 0.2) is 0 Å². The van der Waals surface area contributed by atoms with Gasteiger partial charge in [0, 0.05) is 12.5 Å². The lowest BCUT2D eigenvalue weighted by Crippen LogP contribution is -2.22. The summed E-state index contributed by atoms with van der Waals surface area (Å²) in [5, 5.41) is 8.84. The number of hydrogen-bond donors (Lipinski definition) is 1. The summed E-state index contributed by atoms with van der Waals surface area (Å²) in [6, 6.07) is 0. The maximum Gasteiger partial charge on any atom is 0.411 e. The van der Waals surface area contributed by atoms with Crippen LogP contribution in [0.5, 0.6) is 0 Å². The summed E-state index contributed by atoms with van der Waals surface area (Å²) >= 11 is 0. The fourth-order valence-electron chi connectivity index (χ4n) is 1.20. The van der Waals surface area contributed by atoms with Crippen LogP contribution in [0.2, 0.25) is 0 Å². The van der Waals surface area contributed by atoms with Gasteiger partial charge in [-0.15, -0.1) is 0 Å². The van der Waals surface area contributed by atoms with Gasteiger partial charge < -0.3 is 9.84 Å². The molecular formula is C9H17F3O2. The van der Waals surface area contributed by atoms with E-state index < -0.39 is 12.8 Å². The predicted molar refractivity (Wildman–Crippen MR) is 46.9 cm³/mol. The van der Waals surface area contributed by atoms with Crippen molar-refractivity contribution >= 4 is 0 Å². The Morgan fingerprint density at radius 2 is 1.86 bits per heavy atom. The van der Waals surface area contributed by atoms with Crippen molar-refractivity contribution in [2.24, 2.45) is 11.8 Å². The highest BCUT2D eigenvalue weighted by molar-refractivity contribution is 4.59. The Kier molecular flexibility index (Phi) is 6.11. The zero-order valence-electron chi connectivity index (χ0n) is 8.47. The number of alkyl halides is 3. The van der Waals surface area contributed by atoms with Crippen molar-refractivity contribution in [3.8, 4) is 0 Å². The van der Waals surface area contributed by atoms with E-state index in [2.05, 4.69) is 4.74 Å².